The van der Waals surface area contributed by atoms with Gasteiger partial charge in [0.2, 0.25) is 0 Å². The van der Waals surface area contributed by atoms with Crippen LogP contribution in [0.25, 0.3) is 0 Å². The number of nitrogens with zero attached hydrogens (tertiary/aromatic N) is 1. The van der Waals surface area contributed by atoms with Gasteiger partial charge in [0.25, 0.3) is 5.91 Å². The molecule has 26 heavy (non-hydrogen) atoms. The second kappa shape index (κ2) is 7.05. The number of Topliss-reactive ketones (excluding diaryl/α,β-unsaturated/α-hetero) is 1. The molecule has 0 unspecified atom stereocenters. The number of urea groups is 1. The molecule has 2 aliphatic rings. The molecule has 2 fully saturated rings. The number of halogens is 1. The van der Waals surface area contributed by atoms with E-state index < -0.39 is 29.7 Å². The zero-order valence-electron chi connectivity index (χ0n) is 15.0. The van der Waals surface area contributed by atoms with E-state index in [4.69, 9.17) is 4.74 Å². The number of nitrogens with one attached hydrogen (secondary N) is 1. The van der Waals surface area contributed by atoms with Crippen LogP contribution in [0.2, 0.25) is 0 Å². The molecule has 3 amide bonds. The van der Waals surface area contributed by atoms with Gasteiger partial charge in [0, 0.05) is 5.56 Å². The highest BCUT2D eigenvalue weighted by molar-refractivity contribution is 6.11. The fraction of sp³-hybridized carbons (Fsp3) is 0.526. The minimum absolute atomic E-state index is 0.0307. The van der Waals surface area contributed by atoms with Crippen molar-refractivity contribution < 1.29 is 23.5 Å². The highest BCUT2D eigenvalue weighted by atomic mass is 19.1. The molecule has 3 rings (SSSR count). The van der Waals surface area contributed by atoms with Gasteiger partial charge in [-0.2, -0.15) is 0 Å². The third-order valence-electron chi connectivity index (χ3n) is 5.56. The molecular weight excluding hydrogens is 339 g/mol. The maximum Gasteiger partial charge on any atom is 0.325 e. The van der Waals surface area contributed by atoms with Crippen LogP contribution in [-0.2, 0) is 4.79 Å². The summed E-state index contributed by atoms with van der Waals surface area (Å²) in [4.78, 5) is 38.5. The van der Waals surface area contributed by atoms with Crippen molar-refractivity contribution in [2.75, 3.05) is 13.7 Å². The van der Waals surface area contributed by atoms with Crippen molar-refractivity contribution in [2.24, 2.45) is 5.92 Å². The number of rotatable bonds is 5. The smallest absolute Gasteiger partial charge is 0.325 e. The lowest BCUT2D eigenvalue weighted by Gasteiger charge is -2.34. The van der Waals surface area contributed by atoms with Crippen molar-refractivity contribution in [3.8, 4) is 5.75 Å². The van der Waals surface area contributed by atoms with Crippen molar-refractivity contribution in [2.45, 2.75) is 44.6 Å². The summed E-state index contributed by atoms with van der Waals surface area (Å²) in [5.41, 5.74) is -0.784. The Morgan fingerprint density at radius 2 is 2.04 bits per heavy atom. The average Bonchev–Trinajstić information content (AvgIpc) is 2.86. The molecule has 1 spiro atoms. The molecule has 140 valence electrons. The molecule has 0 atom stereocenters. The summed E-state index contributed by atoms with van der Waals surface area (Å²) in [5.74, 6) is -0.898. The Morgan fingerprint density at radius 3 is 2.62 bits per heavy atom. The van der Waals surface area contributed by atoms with E-state index >= 15 is 0 Å². The van der Waals surface area contributed by atoms with E-state index in [1.165, 1.54) is 19.2 Å². The zero-order valence-corrected chi connectivity index (χ0v) is 15.0. The van der Waals surface area contributed by atoms with E-state index in [0.717, 1.165) is 30.2 Å². The van der Waals surface area contributed by atoms with Crippen LogP contribution in [0.5, 0.6) is 5.75 Å². The number of hydrogen-bond donors (Lipinski definition) is 1. The maximum absolute atomic E-state index is 13.8. The molecule has 1 saturated carbocycles. The van der Waals surface area contributed by atoms with Gasteiger partial charge in [-0.3, -0.25) is 14.5 Å². The fourth-order valence-corrected chi connectivity index (χ4v) is 3.81. The normalized spacial score (nSPS) is 25.5. The molecule has 1 aliphatic carbocycles. The minimum Gasteiger partial charge on any atom is -0.494 e. The number of amides is 3. The molecule has 0 bridgehead atoms. The Bertz CT molecular complexity index is 741. The topological polar surface area (TPSA) is 75.7 Å². The maximum atomic E-state index is 13.8. The second-order valence-corrected chi connectivity index (χ2v) is 7.03. The summed E-state index contributed by atoms with van der Waals surface area (Å²) in [6.07, 6.45) is 4.02. The third kappa shape index (κ3) is 3.18. The first kappa shape index (κ1) is 18.4. The van der Waals surface area contributed by atoms with Crippen molar-refractivity contribution in [3.63, 3.8) is 0 Å². The van der Waals surface area contributed by atoms with Gasteiger partial charge >= 0.3 is 6.03 Å². The van der Waals surface area contributed by atoms with E-state index in [0.29, 0.717) is 18.8 Å². The Labute approximate surface area is 151 Å². The number of ketones is 1. The number of carbonyl (C=O) groups is 3. The van der Waals surface area contributed by atoms with Crippen molar-refractivity contribution in [1.29, 1.82) is 0 Å². The van der Waals surface area contributed by atoms with E-state index in [-0.39, 0.29) is 17.2 Å². The molecule has 1 heterocycles. The summed E-state index contributed by atoms with van der Waals surface area (Å²) in [7, 11) is 1.33. The number of hydrogen-bond acceptors (Lipinski definition) is 4. The third-order valence-corrected chi connectivity index (χ3v) is 5.56. The standard InChI is InChI=1S/C19H23FN2O4/c1-3-12-6-8-19(9-7-12)17(24)22(18(25)21-19)11-15(23)13-4-5-16(26-2)14(20)10-13/h4-5,10,12H,3,6-9,11H2,1-2H3,(H,21,25). The van der Waals surface area contributed by atoms with E-state index in [1.807, 2.05) is 0 Å². The monoisotopic (exact) mass is 362 g/mol. The molecule has 1 N–H and O–H groups in total. The molecular formula is C19H23FN2O4. The highest BCUT2D eigenvalue weighted by Crippen LogP contribution is 2.37. The Kier molecular flexibility index (Phi) is 4.98. The number of methoxy groups -OCH3 is 1. The lowest BCUT2D eigenvalue weighted by Crippen LogP contribution is -2.49. The summed E-state index contributed by atoms with van der Waals surface area (Å²) in [6.45, 7) is 1.73. The van der Waals surface area contributed by atoms with Gasteiger partial charge in [-0.05, 0) is 49.8 Å². The summed E-state index contributed by atoms with van der Waals surface area (Å²) in [6, 6.07) is 3.28. The number of imide groups is 1. The molecule has 0 radical (unpaired) electrons. The van der Waals surface area contributed by atoms with Crippen LogP contribution in [0.3, 0.4) is 0 Å². The largest absolute Gasteiger partial charge is 0.494 e. The summed E-state index contributed by atoms with van der Waals surface area (Å²) >= 11 is 0. The fourth-order valence-electron chi connectivity index (χ4n) is 3.81. The minimum atomic E-state index is -0.881. The predicted molar refractivity (Wildman–Crippen MR) is 92.5 cm³/mol. The van der Waals surface area contributed by atoms with Gasteiger partial charge in [0.15, 0.2) is 17.3 Å². The highest BCUT2D eigenvalue weighted by Gasteiger charge is 2.52. The Balaban J connectivity index is 1.72. The number of benzene rings is 1. The first-order valence-corrected chi connectivity index (χ1v) is 8.91. The van der Waals surface area contributed by atoms with E-state index in [1.54, 1.807) is 0 Å². The van der Waals surface area contributed by atoms with Gasteiger partial charge in [0.1, 0.15) is 5.54 Å². The summed E-state index contributed by atoms with van der Waals surface area (Å²) in [5, 5.41) is 2.79. The SMILES string of the molecule is CCC1CCC2(CC1)NC(=O)N(CC(=O)c1ccc(OC)c(F)c1)C2=O. The quantitative estimate of drug-likeness (QED) is 0.645. The second-order valence-electron chi connectivity index (χ2n) is 7.03. The van der Waals surface area contributed by atoms with Crippen LogP contribution < -0.4 is 10.1 Å². The average molecular weight is 362 g/mol. The lowest BCUT2D eigenvalue weighted by molar-refractivity contribution is -0.132. The van der Waals surface area contributed by atoms with E-state index in [9.17, 15) is 18.8 Å². The van der Waals surface area contributed by atoms with Crippen LogP contribution in [-0.4, -0.2) is 41.8 Å². The van der Waals surface area contributed by atoms with Gasteiger partial charge < -0.3 is 10.1 Å². The van der Waals surface area contributed by atoms with Gasteiger partial charge in [-0.25, -0.2) is 9.18 Å². The van der Waals surface area contributed by atoms with Gasteiger partial charge in [-0.15, -0.1) is 0 Å². The molecule has 0 aromatic heterocycles. The lowest BCUT2D eigenvalue weighted by atomic mass is 9.75. The molecule has 7 heteroatoms. The molecule has 6 nitrogen and oxygen atoms in total. The van der Waals surface area contributed by atoms with Crippen LogP contribution in [0.4, 0.5) is 9.18 Å². The van der Waals surface area contributed by atoms with Gasteiger partial charge in [-0.1, -0.05) is 13.3 Å². The number of carbonyl (C=O) groups excluding carboxylic acids is 3. The summed E-state index contributed by atoms with van der Waals surface area (Å²) < 4.78 is 18.6. The van der Waals surface area contributed by atoms with Gasteiger partial charge in [0.05, 0.1) is 13.7 Å². The first-order valence-electron chi connectivity index (χ1n) is 8.91. The van der Waals surface area contributed by atoms with Crippen LogP contribution in [0.1, 0.15) is 49.4 Å². The van der Waals surface area contributed by atoms with Crippen LogP contribution in [0, 0.1) is 11.7 Å². The first-order chi connectivity index (χ1) is 12.4. The Hall–Kier alpha value is -2.44. The molecule has 1 aromatic carbocycles. The van der Waals surface area contributed by atoms with Crippen LogP contribution in [0.15, 0.2) is 18.2 Å². The van der Waals surface area contributed by atoms with E-state index in [2.05, 4.69) is 12.2 Å². The molecule has 1 saturated heterocycles. The van der Waals surface area contributed by atoms with Crippen molar-refractivity contribution in [3.05, 3.63) is 29.6 Å². The number of ether oxygens (including phenoxy) is 1. The Morgan fingerprint density at radius 1 is 1.35 bits per heavy atom. The predicted octanol–water partition coefficient (Wildman–Crippen LogP) is 2.91. The molecule has 1 aromatic rings. The van der Waals surface area contributed by atoms with Crippen molar-refractivity contribution in [1.82, 2.24) is 10.2 Å². The van der Waals surface area contributed by atoms with Crippen molar-refractivity contribution >= 4 is 17.7 Å². The van der Waals surface area contributed by atoms with Crippen LogP contribution >= 0.6 is 0 Å². The molecule has 1 aliphatic heterocycles. The zero-order chi connectivity index (χ0) is 18.9.